The SMILES string of the molecule is CCCNC(c1cnnn1-c1ccccc1)C1CCCC1. The lowest BCUT2D eigenvalue weighted by molar-refractivity contribution is 0.355. The van der Waals surface area contributed by atoms with Crippen molar-refractivity contribution >= 4 is 0 Å². The number of nitrogens with one attached hydrogen (secondary N) is 1. The van der Waals surface area contributed by atoms with E-state index in [-0.39, 0.29) is 0 Å². The minimum absolute atomic E-state index is 0.364. The van der Waals surface area contributed by atoms with Crippen molar-refractivity contribution < 1.29 is 0 Å². The molecule has 1 aliphatic rings. The Morgan fingerprint density at radius 2 is 2.00 bits per heavy atom. The first-order valence-corrected chi connectivity index (χ1v) is 8.09. The molecule has 4 heteroatoms. The fourth-order valence-corrected chi connectivity index (χ4v) is 3.33. The first-order valence-electron chi connectivity index (χ1n) is 8.09. The number of benzene rings is 1. The predicted octanol–water partition coefficient (Wildman–Crippen LogP) is 3.50. The normalized spacial score (nSPS) is 17.2. The van der Waals surface area contributed by atoms with E-state index in [1.165, 1.54) is 31.4 Å². The molecule has 1 aromatic carbocycles. The van der Waals surface area contributed by atoms with Crippen LogP contribution in [0.5, 0.6) is 0 Å². The molecular weight excluding hydrogens is 260 g/mol. The largest absolute Gasteiger partial charge is 0.308 e. The van der Waals surface area contributed by atoms with Crippen LogP contribution < -0.4 is 5.32 Å². The van der Waals surface area contributed by atoms with Gasteiger partial charge >= 0.3 is 0 Å². The van der Waals surface area contributed by atoms with Crippen molar-refractivity contribution in [3.8, 4) is 5.69 Å². The molecule has 1 atom stereocenters. The fraction of sp³-hybridized carbons (Fsp3) is 0.529. The van der Waals surface area contributed by atoms with E-state index in [2.05, 4.69) is 34.7 Å². The summed E-state index contributed by atoms with van der Waals surface area (Å²) in [4.78, 5) is 0. The van der Waals surface area contributed by atoms with Crippen LogP contribution in [0.1, 0.15) is 50.8 Å². The molecule has 0 radical (unpaired) electrons. The van der Waals surface area contributed by atoms with Crippen LogP contribution in [0.25, 0.3) is 5.69 Å². The molecule has 1 fully saturated rings. The molecule has 1 aromatic heterocycles. The maximum Gasteiger partial charge on any atom is 0.0818 e. The summed E-state index contributed by atoms with van der Waals surface area (Å²) in [5.41, 5.74) is 2.29. The van der Waals surface area contributed by atoms with E-state index in [0.717, 1.165) is 18.7 Å². The van der Waals surface area contributed by atoms with Gasteiger partial charge in [-0.2, -0.15) is 0 Å². The lowest BCUT2D eigenvalue weighted by atomic mass is 9.95. The molecule has 112 valence electrons. The molecule has 1 heterocycles. The summed E-state index contributed by atoms with van der Waals surface area (Å²) in [6, 6.07) is 10.7. The van der Waals surface area contributed by atoms with Crippen LogP contribution in [0.2, 0.25) is 0 Å². The summed E-state index contributed by atoms with van der Waals surface area (Å²) >= 11 is 0. The van der Waals surface area contributed by atoms with Crippen molar-refractivity contribution in [2.75, 3.05) is 6.54 Å². The highest BCUT2D eigenvalue weighted by Gasteiger charge is 2.28. The fourth-order valence-electron chi connectivity index (χ4n) is 3.33. The minimum Gasteiger partial charge on any atom is -0.308 e. The quantitative estimate of drug-likeness (QED) is 0.883. The van der Waals surface area contributed by atoms with Crippen molar-refractivity contribution in [2.45, 2.75) is 45.1 Å². The van der Waals surface area contributed by atoms with E-state index >= 15 is 0 Å². The zero-order valence-electron chi connectivity index (χ0n) is 12.7. The van der Waals surface area contributed by atoms with E-state index in [1.54, 1.807) is 0 Å². The Morgan fingerprint density at radius 3 is 2.71 bits per heavy atom. The molecule has 2 aromatic rings. The van der Waals surface area contributed by atoms with Gasteiger partial charge in [0.25, 0.3) is 0 Å². The van der Waals surface area contributed by atoms with Gasteiger partial charge in [0.1, 0.15) is 0 Å². The van der Waals surface area contributed by atoms with E-state index in [0.29, 0.717) is 12.0 Å². The molecule has 4 nitrogen and oxygen atoms in total. The lowest BCUT2D eigenvalue weighted by Crippen LogP contribution is -2.29. The monoisotopic (exact) mass is 284 g/mol. The molecule has 0 spiro atoms. The highest BCUT2D eigenvalue weighted by Crippen LogP contribution is 2.36. The molecule has 0 saturated heterocycles. The second kappa shape index (κ2) is 6.85. The topological polar surface area (TPSA) is 42.7 Å². The van der Waals surface area contributed by atoms with Gasteiger partial charge in [0.15, 0.2) is 0 Å². The van der Waals surface area contributed by atoms with Crippen molar-refractivity contribution in [3.05, 3.63) is 42.2 Å². The van der Waals surface area contributed by atoms with Gasteiger partial charge in [-0.3, -0.25) is 0 Å². The number of nitrogens with zero attached hydrogens (tertiary/aromatic N) is 3. The summed E-state index contributed by atoms with van der Waals surface area (Å²) < 4.78 is 1.99. The number of aromatic nitrogens is 3. The van der Waals surface area contributed by atoms with Crippen molar-refractivity contribution in [1.29, 1.82) is 0 Å². The van der Waals surface area contributed by atoms with E-state index in [9.17, 15) is 0 Å². The molecule has 3 rings (SSSR count). The number of rotatable bonds is 6. The average Bonchev–Trinajstić information content (AvgIpc) is 3.20. The Labute approximate surface area is 126 Å². The van der Waals surface area contributed by atoms with Gasteiger partial charge in [-0.25, -0.2) is 4.68 Å². The second-order valence-electron chi connectivity index (χ2n) is 5.88. The minimum atomic E-state index is 0.364. The Balaban J connectivity index is 1.90. The number of hydrogen-bond donors (Lipinski definition) is 1. The first-order chi connectivity index (χ1) is 10.4. The summed E-state index contributed by atoms with van der Waals surface area (Å²) in [5, 5.41) is 12.2. The van der Waals surface area contributed by atoms with Crippen LogP contribution >= 0.6 is 0 Å². The first kappa shape index (κ1) is 14.3. The predicted molar refractivity (Wildman–Crippen MR) is 84.4 cm³/mol. The van der Waals surface area contributed by atoms with Crippen molar-refractivity contribution in [3.63, 3.8) is 0 Å². The molecule has 0 amide bonds. The molecule has 1 unspecified atom stereocenters. The van der Waals surface area contributed by atoms with Gasteiger partial charge in [-0.15, -0.1) is 5.10 Å². The maximum atomic E-state index is 4.31. The Hall–Kier alpha value is -1.68. The third-order valence-corrected chi connectivity index (χ3v) is 4.38. The summed E-state index contributed by atoms with van der Waals surface area (Å²) in [6.07, 6.45) is 8.39. The van der Waals surface area contributed by atoms with Gasteiger partial charge in [-0.1, -0.05) is 43.2 Å². The van der Waals surface area contributed by atoms with Gasteiger partial charge in [0.2, 0.25) is 0 Å². The molecule has 0 bridgehead atoms. The summed E-state index contributed by atoms with van der Waals surface area (Å²) in [5.74, 6) is 0.706. The van der Waals surface area contributed by atoms with Crippen LogP contribution in [-0.4, -0.2) is 21.5 Å². The van der Waals surface area contributed by atoms with Crippen LogP contribution in [0.15, 0.2) is 36.5 Å². The molecule has 1 saturated carbocycles. The van der Waals surface area contributed by atoms with Gasteiger partial charge in [0, 0.05) is 0 Å². The Bertz CT molecular complexity index is 543. The highest BCUT2D eigenvalue weighted by atomic mass is 15.4. The van der Waals surface area contributed by atoms with Crippen LogP contribution in [0.4, 0.5) is 0 Å². The molecule has 0 aliphatic heterocycles. The standard InChI is InChI=1S/C17H24N4/c1-2-12-18-17(14-8-6-7-9-14)16-13-19-20-21(16)15-10-4-3-5-11-15/h3-5,10-11,13-14,17-18H,2,6-9,12H2,1H3. The Kier molecular flexibility index (Phi) is 4.65. The number of para-hydroxylation sites is 1. The zero-order valence-corrected chi connectivity index (χ0v) is 12.7. The Morgan fingerprint density at radius 1 is 1.24 bits per heavy atom. The van der Waals surface area contributed by atoms with E-state index in [1.807, 2.05) is 29.1 Å². The van der Waals surface area contributed by atoms with Gasteiger partial charge in [-0.05, 0) is 43.9 Å². The zero-order chi connectivity index (χ0) is 14.5. The smallest absolute Gasteiger partial charge is 0.0818 e. The molecule has 1 N–H and O–H groups in total. The van der Waals surface area contributed by atoms with Crippen molar-refractivity contribution in [1.82, 2.24) is 20.3 Å². The lowest BCUT2D eigenvalue weighted by Gasteiger charge is -2.25. The second-order valence-corrected chi connectivity index (χ2v) is 5.88. The van der Waals surface area contributed by atoms with E-state index < -0.39 is 0 Å². The van der Waals surface area contributed by atoms with Crippen molar-refractivity contribution in [2.24, 2.45) is 5.92 Å². The average molecular weight is 284 g/mol. The van der Waals surface area contributed by atoms with Gasteiger partial charge in [0.05, 0.1) is 23.6 Å². The molecular formula is C17H24N4. The van der Waals surface area contributed by atoms with Crippen LogP contribution in [0, 0.1) is 5.92 Å². The number of hydrogen-bond acceptors (Lipinski definition) is 3. The third-order valence-electron chi connectivity index (χ3n) is 4.38. The summed E-state index contributed by atoms with van der Waals surface area (Å²) in [6.45, 7) is 3.26. The maximum absolute atomic E-state index is 4.31. The molecule has 1 aliphatic carbocycles. The van der Waals surface area contributed by atoms with Gasteiger partial charge < -0.3 is 5.32 Å². The molecule has 21 heavy (non-hydrogen) atoms. The third kappa shape index (κ3) is 3.16. The highest BCUT2D eigenvalue weighted by molar-refractivity contribution is 5.32. The summed E-state index contributed by atoms with van der Waals surface area (Å²) in [7, 11) is 0. The van der Waals surface area contributed by atoms with Crippen LogP contribution in [0.3, 0.4) is 0 Å². The van der Waals surface area contributed by atoms with Crippen LogP contribution in [-0.2, 0) is 0 Å². The van der Waals surface area contributed by atoms with E-state index in [4.69, 9.17) is 0 Å².